The molecule has 0 atom stereocenters. The monoisotopic (exact) mass is 243 g/mol. The van der Waals surface area contributed by atoms with Gasteiger partial charge >= 0.3 is 0 Å². The lowest BCUT2D eigenvalue weighted by molar-refractivity contribution is -0.00000336. The Labute approximate surface area is 106 Å². The second-order valence-electron chi connectivity index (χ2n) is 3.86. The molecule has 3 aromatic rings. The maximum atomic E-state index is 4.55. The molecule has 86 valence electrons. The molecule has 1 aromatic heterocycles. The molecule has 2 aromatic carbocycles. The van der Waals surface area contributed by atoms with Crippen molar-refractivity contribution in [1.29, 1.82) is 0 Å². The molecule has 3 rings (SSSR count). The maximum absolute atomic E-state index is 4.55. The number of rotatable bonds is 2. The zero-order valence-electron chi connectivity index (χ0n) is 9.23. The number of aromatic amines is 1. The van der Waals surface area contributed by atoms with E-state index >= 15 is 0 Å². The summed E-state index contributed by atoms with van der Waals surface area (Å²) in [4.78, 5) is 7.89. The highest BCUT2D eigenvalue weighted by atomic mass is 35.5. The molecule has 0 saturated heterocycles. The van der Waals surface area contributed by atoms with Crippen LogP contribution in [0.1, 0.15) is 11.4 Å². The number of hydrogen-bond acceptors (Lipinski definition) is 1. The van der Waals surface area contributed by atoms with E-state index in [2.05, 4.69) is 40.3 Å². The van der Waals surface area contributed by atoms with Crippen molar-refractivity contribution in [1.82, 2.24) is 9.97 Å². The fourth-order valence-electron chi connectivity index (χ4n) is 1.88. The molecular formula is C14H12ClN2-. The smallest absolute Gasteiger partial charge is 0.111 e. The summed E-state index contributed by atoms with van der Waals surface area (Å²) in [6.45, 7) is 0. The van der Waals surface area contributed by atoms with E-state index in [-0.39, 0.29) is 12.4 Å². The van der Waals surface area contributed by atoms with Gasteiger partial charge in [-0.05, 0) is 17.7 Å². The minimum Gasteiger partial charge on any atom is -1.00 e. The van der Waals surface area contributed by atoms with Crippen LogP contribution in [0.15, 0.2) is 54.6 Å². The molecule has 0 saturated carbocycles. The molecule has 0 radical (unpaired) electrons. The minimum absolute atomic E-state index is 0. The Morgan fingerprint density at radius 1 is 0.882 bits per heavy atom. The lowest BCUT2D eigenvalue weighted by atomic mass is 10.1. The van der Waals surface area contributed by atoms with Gasteiger partial charge in [0.25, 0.3) is 0 Å². The van der Waals surface area contributed by atoms with Crippen LogP contribution in [0.2, 0.25) is 0 Å². The molecule has 2 nitrogen and oxygen atoms in total. The summed E-state index contributed by atoms with van der Waals surface area (Å²) in [7, 11) is 0. The Hall–Kier alpha value is -1.80. The van der Waals surface area contributed by atoms with Crippen LogP contribution in [0, 0.1) is 0 Å². The molecule has 3 heteroatoms. The zero-order chi connectivity index (χ0) is 10.8. The van der Waals surface area contributed by atoms with E-state index in [0.717, 1.165) is 23.3 Å². The van der Waals surface area contributed by atoms with Gasteiger partial charge in [-0.2, -0.15) is 0 Å². The highest BCUT2D eigenvalue weighted by molar-refractivity contribution is 5.74. The van der Waals surface area contributed by atoms with Crippen molar-refractivity contribution in [3.8, 4) is 0 Å². The first kappa shape index (κ1) is 11.7. The number of benzene rings is 2. The second-order valence-corrected chi connectivity index (χ2v) is 3.86. The summed E-state index contributed by atoms with van der Waals surface area (Å²) in [5, 5.41) is 0. The Kier molecular flexibility index (Phi) is 3.45. The average molecular weight is 244 g/mol. The topological polar surface area (TPSA) is 28.7 Å². The van der Waals surface area contributed by atoms with Gasteiger partial charge in [-0.1, -0.05) is 42.5 Å². The average Bonchev–Trinajstić information content (AvgIpc) is 2.72. The normalized spacial score (nSPS) is 10.1. The van der Waals surface area contributed by atoms with E-state index in [4.69, 9.17) is 0 Å². The molecule has 0 amide bonds. The molecular weight excluding hydrogens is 232 g/mol. The Morgan fingerprint density at radius 3 is 2.35 bits per heavy atom. The van der Waals surface area contributed by atoms with Crippen molar-refractivity contribution in [2.24, 2.45) is 0 Å². The summed E-state index contributed by atoms with van der Waals surface area (Å²) >= 11 is 0. The van der Waals surface area contributed by atoms with Crippen LogP contribution < -0.4 is 12.4 Å². The Bertz CT molecular complexity index is 569. The van der Waals surface area contributed by atoms with Gasteiger partial charge in [-0.25, -0.2) is 4.98 Å². The second kappa shape index (κ2) is 5.02. The molecule has 1 heterocycles. The summed E-state index contributed by atoms with van der Waals surface area (Å²) in [5.41, 5.74) is 3.42. The van der Waals surface area contributed by atoms with E-state index < -0.39 is 0 Å². The lowest BCUT2D eigenvalue weighted by Gasteiger charge is -1.96. The fourth-order valence-corrected chi connectivity index (χ4v) is 1.88. The third-order valence-corrected chi connectivity index (χ3v) is 2.65. The van der Waals surface area contributed by atoms with Gasteiger partial charge < -0.3 is 17.4 Å². The van der Waals surface area contributed by atoms with Crippen LogP contribution in [0.5, 0.6) is 0 Å². The molecule has 0 bridgehead atoms. The summed E-state index contributed by atoms with van der Waals surface area (Å²) in [6.07, 6.45) is 0.857. The number of imidazole rings is 1. The lowest BCUT2D eigenvalue weighted by Crippen LogP contribution is -3.00. The predicted molar refractivity (Wildman–Crippen MR) is 65.3 cm³/mol. The van der Waals surface area contributed by atoms with E-state index in [9.17, 15) is 0 Å². The van der Waals surface area contributed by atoms with Crippen molar-refractivity contribution in [3.05, 3.63) is 66.0 Å². The molecule has 0 aliphatic rings. The van der Waals surface area contributed by atoms with Crippen LogP contribution in [0.3, 0.4) is 0 Å². The summed E-state index contributed by atoms with van der Waals surface area (Å²) < 4.78 is 0. The third kappa shape index (κ3) is 2.48. The van der Waals surface area contributed by atoms with Crippen LogP contribution in [-0.4, -0.2) is 9.97 Å². The van der Waals surface area contributed by atoms with E-state index in [1.165, 1.54) is 5.56 Å². The maximum Gasteiger partial charge on any atom is 0.111 e. The van der Waals surface area contributed by atoms with Gasteiger partial charge in [0.2, 0.25) is 0 Å². The molecule has 0 unspecified atom stereocenters. The van der Waals surface area contributed by atoms with Gasteiger partial charge in [0.05, 0.1) is 11.0 Å². The number of fused-ring (bicyclic) bond motifs is 1. The van der Waals surface area contributed by atoms with Gasteiger partial charge in [0, 0.05) is 6.42 Å². The van der Waals surface area contributed by atoms with Crippen LogP contribution in [0.4, 0.5) is 0 Å². The van der Waals surface area contributed by atoms with Crippen LogP contribution in [-0.2, 0) is 6.42 Å². The fraction of sp³-hybridized carbons (Fsp3) is 0.0714. The zero-order valence-corrected chi connectivity index (χ0v) is 9.98. The first-order valence-corrected chi connectivity index (χ1v) is 5.39. The summed E-state index contributed by atoms with van der Waals surface area (Å²) in [5.74, 6) is 1.02. The molecule has 0 spiro atoms. The van der Waals surface area contributed by atoms with E-state index in [1.807, 2.05) is 24.3 Å². The molecule has 0 aliphatic carbocycles. The number of halogens is 1. The van der Waals surface area contributed by atoms with E-state index in [1.54, 1.807) is 0 Å². The van der Waals surface area contributed by atoms with Crippen molar-refractivity contribution >= 4 is 11.0 Å². The molecule has 17 heavy (non-hydrogen) atoms. The Morgan fingerprint density at radius 2 is 1.59 bits per heavy atom. The van der Waals surface area contributed by atoms with Crippen molar-refractivity contribution < 1.29 is 12.4 Å². The van der Waals surface area contributed by atoms with Gasteiger partial charge in [-0.3, -0.25) is 0 Å². The minimum atomic E-state index is 0. The number of nitrogens with one attached hydrogen (secondary N) is 1. The first-order chi connectivity index (χ1) is 7.92. The third-order valence-electron chi connectivity index (χ3n) is 2.65. The van der Waals surface area contributed by atoms with Gasteiger partial charge in [0.1, 0.15) is 5.82 Å². The van der Waals surface area contributed by atoms with Gasteiger partial charge in [-0.15, -0.1) is 0 Å². The number of nitrogens with zero attached hydrogens (tertiary/aromatic N) is 1. The highest BCUT2D eigenvalue weighted by Crippen LogP contribution is 2.13. The standard InChI is InChI=1S/C14H12N2.ClH/c1-2-6-11(7-3-1)10-14-15-12-8-4-5-9-13(12)16-14;/h1-9H,10H2,(H,15,16);1H/p-1. The number of hydrogen-bond donors (Lipinski definition) is 1. The molecule has 0 fully saturated rings. The summed E-state index contributed by atoms with van der Waals surface area (Å²) in [6, 6.07) is 18.5. The molecule has 0 aliphatic heterocycles. The largest absolute Gasteiger partial charge is 1.00 e. The van der Waals surface area contributed by atoms with Crippen molar-refractivity contribution in [2.45, 2.75) is 6.42 Å². The van der Waals surface area contributed by atoms with Crippen LogP contribution in [0.25, 0.3) is 11.0 Å². The molecule has 1 N–H and O–H groups in total. The highest BCUT2D eigenvalue weighted by Gasteiger charge is 2.02. The van der Waals surface area contributed by atoms with Crippen LogP contribution >= 0.6 is 0 Å². The quantitative estimate of drug-likeness (QED) is 0.683. The first-order valence-electron chi connectivity index (χ1n) is 5.39. The van der Waals surface area contributed by atoms with E-state index in [0.29, 0.717) is 0 Å². The number of H-pyrrole nitrogens is 1. The SMILES string of the molecule is [Cl-].c1ccc(Cc2nc3ccccc3[nH]2)cc1. The van der Waals surface area contributed by atoms with Crippen molar-refractivity contribution in [3.63, 3.8) is 0 Å². The Balaban J connectivity index is 0.00000108. The van der Waals surface area contributed by atoms with Gasteiger partial charge in [0.15, 0.2) is 0 Å². The van der Waals surface area contributed by atoms with Crippen molar-refractivity contribution in [2.75, 3.05) is 0 Å². The number of aromatic nitrogens is 2. The predicted octanol–water partition coefficient (Wildman–Crippen LogP) is 0.158. The number of para-hydroxylation sites is 2.